The van der Waals surface area contributed by atoms with Gasteiger partial charge in [0.1, 0.15) is 0 Å². The molecular weight excluding hydrogens is 294 g/mol. The highest BCUT2D eigenvalue weighted by atomic mass is 79.9. The maximum Gasteiger partial charge on any atom is 0.237 e. The highest BCUT2D eigenvalue weighted by molar-refractivity contribution is 9.10. The van der Waals surface area contributed by atoms with Gasteiger partial charge in [-0.25, -0.2) is 8.42 Å². The second kappa shape index (κ2) is 4.97. The van der Waals surface area contributed by atoms with Gasteiger partial charge in [-0.2, -0.15) is 0 Å². The average molecular weight is 306 g/mol. The molecular formula is C10H12BrNO3S. The van der Waals surface area contributed by atoms with Crippen molar-refractivity contribution in [3.8, 4) is 0 Å². The van der Waals surface area contributed by atoms with Gasteiger partial charge in [0.2, 0.25) is 15.9 Å². The first-order valence-electron chi connectivity index (χ1n) is 4.53. The highest BCUT2D eigenvalue weighted by Gasteiger charge is 2.10. The zero-order chi connectivity index (χ0) is 12.3. The Labute approximate surface area is 103 Å². The van der Waals surface area contributed by atoms with Crippen LogP contribution in [0.25, 0.3) is 0 Å². The van der Waals surface area contributed by atoms with Crippen molar-refractivity contribution < 1.29 is 13.2 Å². The van der Waals surface area contributed by atoms with Gasteiger partial charge in [0.05, 0.1) is 12.7 Å². The number of hydrogen-bond acceptors (Lipinski definition) is 3. The van der Waals surface area contributed by atoms with E-state index in [0.717, 1.165) is 21.9 Å². The molecule has 0 saturated heterocycles. The van der Waals surface area contributed by atoms with Crippen LogP contribution in [0.5, 0.6) is 0 Å². The van der Waals surface area contributed by atoms with Gasteiger partial charge < -0.3 is 0 Å². The summed E-state index contributed by atoms with van der Waals surface area (Å²) in [6, 6.07) is 5.49. The number of halogens is 1. The van der Waals surface area contributed by atoms with Crippen LogP contribution in [-0.4, -0.2) is 20.6 Å². The molecule has 1 amide bonds. The zero-order valence-corrected chi connectivity index (χ0v) is 11.4. The number of nitrogens with one attached hydrogen (secondary N) is 1. The van der Waals surface area contributed by atoms with Crippen molar-refractivity contribution in [2.24, 2.45) is 0 Å². The quantitative estimate of drug-likeness (QED) is 0.917. The number of carbonyl (C=O) groups excluding carboxylic acids is 1. The van der Waals surface area contributed by atoms with E-state index in [9.17, 15) is 13.2 Å². The molecule has 0 aromatic heterocycles. The monoisotopic (exact) mass is 305 g/mol. The lowest BCUT2D eigenvalue weighted by Gasteiger charge is -2.06. The van der Waals surface area contributed by atoms with Crippen LogP contribution in [0.3, 0.4) is 0 Å². The smallest absolute Gasteiger partial charge is 0.237 e. The minimum Gasteiger partial charge on any atom is -0.274 e. The first-order valence-corrected chi connectivity index (χ1v) is 7.22. The minimum atomic E-state index is -3.47. The Morgan fingerprint density at radius 1 is 1.44 bits per heavy atom. The first kappa shape index (κ1) is 13.2. The van der Waals surface area contributed by atoms with Crippen molar-refractivity contribution in [2.45, 2.75) is 13.3 Å². The van der Waals surface area contributed by atoms with E-state index in [-0.39, 0.29) is 6.42 Å². The summed E-state index contributed by atoms with van der Waals surface area (Å²) in [7, 11) is -3.47. The first-order chi connectivity index (χ1) is 7.28. The van der Waals surface area contributed by atoms with Gasteiger partial charge in [-0.3, -0.25) is 9.52 Å². The van der Waals surface area contributed by atoms with Crippen LogP contribution >= 0.6 is 15.9 Å². The number of amides is 1. The summed E-state index contributed by atoms with van der Waals surface area (Å²) in [6.45, 7) is 1.87. The maximum absolute atomic E-state index is 11.4. The van der Waals surface area contributed by atoms with E-state index in [1.807, 2.05) is 23.8 Å². The third-order valence-electron chi connectivity index (χ3n) is 1.95. The number of carbonyl (C=O) groups is 1. The van der Waals surface area contributed by atoms with Gasteiger partial charge in [-0.1, -0.05) is 22.0 Å². The van der Waals surface area contributed by atoms with Gasteiger partial charge >= 0.3 is 0 Å². The molecule has 1 aromatic carbocycles. The van der Waals surface area contributed by atoms with Crippen molar-refractivity contribution in [2.75, 3.05) is 6.26 Å². The van der Waals surface area contributed by atoms with E-state index >= 15 is 0 Å². The fraction of sp³-hybridized carbons (Fsp3) is 0.300. The van der Waals surface area contributed by atoms with Gasteiger partial charge in [0.25, 0.3) is 0 Å². The van der Waals surface area contributed by atoms with Crippen LogP contribution < -0.4 is 4.72 Å². The molecule has 1 N–H and O–H groups in total. The van der Waals surface area contributed by atoms with Crippen molar-refractivity contribution >= 4 is 31.9 Å². The van der Waals surface area contributed by atoms with Gasteiger partial charge in [0.15, 0.2) is 0 Å². The van der Waals surface area contributed by atoms with Crippen LogP contribution in [-0.2, 0) is 21.2 Å². The Hall–Kier alpha value is -0.880. The summed E-state index contributed by atoms with van der Waals surface area (Å²) >= 11 is 3.31. The lowest BCUT2D eigenvalue weighted by atomic mass is 10.1. The van der Waals surface area contributed by atoms with Crippen LogP contribution in [0, 0.1) is 6.92 Å². The molecule has 0 aliphatic carbocycles. The lowest BCUT2D eigenvalue weighted by molar-refractivity contribution is -0.118. The minimum absolute atomic E-state index is 0.0617. The Bertz CT molecular complexity index is 511. The second-order valence-corrected chi connectivity index (χ2v) is 6.21. The summed E-state index contributed by atoms with van der Waals surface area (Å²) in [6.07, 6.45) is 1.02. The SMILES string of the molecule is Cc1cc(Br)ccc1CC(=O)NS(C)(=O)=O. The zero-order valence-electron chi connectivity index (χ0n) is 8.95. The molecule has 1 rings (SSSR count). The molecule has 0 aliphatic rings. The number of hydrogen-bond donors (Lipinski definition) is 1. The summed E-state index contributed by atoms with van der Waals surface area (Å²) in [5.74, 6) is -0.520. The molecule has 0 aliphatic heterocycles. The topological polar surface area (TPSA) is 63.2 Å². The highest BCUT2D eigenvalue weighted by Crippen LogP contribution is 2.16. The number of benzene rings is 1. The normalized spacial score (nSPS) is 11.2. The van der Waals surface area contributed by atoms with E-state index in [1.165, 1.54) is 0 Å². The van der Waals surface area contributed by atoms with Crippen molar-refractivity contribution in [1.29, 1.82) is 0 Å². The number of sulfonamides is 1. The summed E-state index contributed by atoms with van der Waals surface area (Å²) < 4.78 is 24.5. The van der Waals surface area contributed by atoms with E-state index in [0.29, 0.717) is 0 Å². The Morgan fingerprint density at radius 2 is 2.06 bits per heavy atom. The van der Waals surface area contributed by atoms with Crippen molar-refractivity contribution in [3.63, 3.8) is 0 Å². The van der Waals surface area contributed by atoms with E-state index in [1.54, 1.807) is 6.07 Å². The fourth-order valence-corrected chi connectivity index (χ4v) is 2.23. The molecule has 0 fully saturated rings. The largest absolute Gasteiger partial charge is 0.274 e. The molecule has 0 saturated carbocycles. The maximum atomic E-state index is 11.4. The van der Waals surface area contributed by atoms with Crippen LogP contribution in [0.15, 0.2) is 22.7 Å². The van der Waals surface area contributed by atoms with Crippen LogP contribution in [0.1, 0.15) is 11.1 Å². The standard InChI is InChI=1S/C10H12BrNO3S/c1-7-5-9(11)4-3-8(7)6-10(13)12-16(2,14)15/h3-5H,6H2,1-2H3,(H,12,13). The van der Waals surface area contributed by atoms with Crippen molar-refractivity contribution in [3.05, 3.63) is 33.8 Å². The molecule has 0 radical (unpaired) electrons. The Kier molecular flexibility index (Phi) is 4.09. The number of aryl methyl sites for hydroxylation is 1. The summed E-state index contributed by atoms with van der Waals surface area (Å²) in [4.78, 5) is 11.4. The number of rotatable bonds is 3. The molecule has 4 nitrogen and oxygen atoms in total. The molecule has 88 valence electrons. The van der Waals surface area contributed by atoms with Gasteiger partial charge in [0, 0.05) is 4.47 Å². The predicted molar refractivity (Wildman–Crippen MR) is 65.6 cm³/mol. The molecule has 0 unspecified atom stereocenters. The van der Waals surface area contributed by atoms with Crippen molar-refractivity contribution in [1.82, 2.24) is 4.72 Å². The third-order valence-corrected chi connectivity index (χ3v) is 3.05. The molecule has 1 aromatic rings. The van der Waals surface area contributed by atoms with E-state index < -0.39 is 15.9 Å². The Morgan fingerprint density at radius 3 is 2.56 bits per heavy atom. The van der Waals surface area contributed by atoms with Crippen LogP contribution in [0.4, 0.5) is 0 Å². The van der Waals surface area contributed by atoms with Gasteiger partial charge in [-0.05, 0) is 30.2 Å². The van der Waals surface area contributed by atoms with Crippen LogP contribution in [0.2, 0.25) is 0 Å². The molecule has 0 heterocycles. The fourth-order valence-electron chi connectivity index (χ4n) is 1.27. The summed E-state index contributed by atoms with van der Waals surface area (Å²) in [5, 5.41) is 0. The Balaban J connectivity index is 2.78. The third kappa shape index (κ3) is 4.32. The molecule has 0 spiro atoms. The lowest BCUT2D eigenvalue weighted by Crippen LogP contribution is -2.30. The van der Waals surface area contributed by atoms with E-state index in [4.69, 9.17) is 0 Å². The van der Waals surface area contributed by atoms with Gasteiger partial charge in [-0.15, -0.1) is 0 Å². The van der Waals surface area contributed by atoms with E-state index in [2.05, 4.69) is 15.9 Å². The molecule has 0 bridgehead atoms. The molecule has 0 atom stereocenters. The molecule has 16 heavy (non-hydrogen) atoms. The average Bonchev–Trinajstić information content (AvgIpc) is 2.06. The predicted octanol–water partition coefficient (Wildman–Crippen LogP) is 1.38. The molecule has 6 heteroatoms. The summed E-state index contributed by atoms with van der Waals surface area (Å²) in [5.41, 5.74) is 1.75. The second-order valence-electron chi connectivity index (χ2n) is 3.54.